The van der Waals surface area contributed by atoms with Crippen LogP contribution in [-0.4, -0.2) is 15.3 Å². The van der Waals surface area contributed by atoms with E-state index in [1.807, 2.05) is 12.1 Å². The molecule has 0 aliphatic rings. The molecular formula is C17H18O3. The molecule has 2 unspecified atom stereocenters. The lowest BCUT2D eigenvalue weighted by molar-refractivity contribution is 0.163. The van der Waals surface area contributed by atoms with Crippen LogP contribution in [0.3, 0.4) is 0 Å². The molecule has 0 aliphatic heterocycles. The van der Waals surface area contributed by atoms with Crippen molar-refractivity contribution in [2.45, 2.75) is 18.4 Å². The Morgan fingerprint density at radius 3 is 1.75 bits per heavy atom. The van der Waals surface area contributed by atoms with E-state index in [2.05, 4.69) is 6.58 Å². The molecule has 0 heterocycles. The number of aliphatic hydroxyl groups excluding tert-OH is 1. The Hall–Kier alpha value is -2.26. The summed E-state index contributed by atoms with van der Waals surface area (Å²) in [5.41, 5.74) is 1.75. The van der Waals surface area contributed by atoms with Gasteiger partial charge < -0.3 is 15.3 Å². The monoisotopic (exact) mass is 270 g/mol. The standard InChI is InChI=1S/C17H18O3/c1-2-12(13-3-7-15(18)8-4-13)11-17(20)14-5-9-16(19)10-6-14/h2-10,12,17-20H,1,11H2. The van der Waals surface area contributed by atoms with E-state index in [1.54, 1.807) is 42.5 Å². The Morgan fingerprint density at radius 2 is 1.30 bits per heavy atom. The molecule has 20 heavy (non-hydrogen) atoms. The quantitative estimate of drug-likeness (QED) is 0.729. The highest BCUT2D eigenvalue weighted by atomic mass is 16.3. The summed E-state index contributed by atoms with van der Waals surface area (Å²) in [6.45, 7) is 3.81. The third-order valence-corrected chi connectivity index (χ3v) is 3.36. The molecule has 2 rings (SSSR count). The maximum Gasteiger partial charge on any atom is 0.115 e. The Kier molecular flexibility index (Phi) is 4.43. The number of aromatic hydroxyl groups is 2. The van der Waals surface area contributed by atoms with Gasteiger partial charge in [0.1, 0.15) is 11.5 Å². The highest BCUT2D eigenvalue weighted by molar-refractivity contribution is 5.32. The van der Waals surface area contributed by atoms with Gasteiger partial charge in [0.25, 0.3) is 0 Å². The number of hydrogen-bond donors (Lipinski definition) is 3. The van der Waals surface area contributed by atoms with Gasteiger partial charge in [0.2, 0.25) is 0 Å². The summed E-state index contributed by atoms with van der Waals surface area (Å²) in [5.74, 6) is 0.398. The van der Waals surface area contributed by atoms with Crippen LogP contribution in [0.25, 0.3) is 0 Å². The van der Waals surface area contributed by atoms with Crippen LogP contribution < -0.4 is 0 Å². The van der Waals surface area contributed by atoms with Gasteiger partial charge in [-0.1, -0.05) is 30.3 Å². The lowest BCUT2D eigenvalue weighted by Gasteiger charge is -2.18. The molecule has 3 N–H and O–H groups in total. The fourth-order valence-electron chi connectivity index (χ4n) is 2.16. The van der Waals surface area contributed by atoms with Crippen molar-refractivity contribution in [2.75, 3.05) is 0 Å². The van der Waals surface area contributed by atoms with Crippen molar-refractivity contribution in [2.24, 2.45) is 0 Å². The number of aliphatic hydroxyl groups is 1. The van der Waals surface area contributed by atoms with Gasteiger partial charge in [-0.3, -0.25) is 0 Å². The molecule has 0 bridgehead atoms. The fraction of sp³-hybridized carbons (Fsp3) is 0.176. The molecule has 0 radical (unpaired) electrons. The molecule has 104 valence electrons. The fourth-order valence-corrected chi connectivity index (χ4v) is 2.16. The summed E-state index contributed by atoms with van der Waals surface area (Å²) in [5, 5.41) is 28.8. The lowest BCUT2D eigenvalue weighted by Crippen LogP contribution is -2.04. The van der Waals surface area contributed by atoms with Crippen molar-refractivity contribution in [3.63, 3.8) is 0 Å². The van der Waals surface area contributed by atoms with Crippen LogP contribution in [0.15, 0.2) is 61.2 Å². The molecule has 2 aromatic rings. The molecule has 0 aliphatic carbocycles. The summed E-state index contributed by atoms with van der Waals surface area (Å²) >= 11 is 0. The van der Waals surface area contributed by atoms with Crippen molar-refractivity contribution in [1.29, 1.82) is 0 Å². The van der Waals surface area contributed by atoms with Gasteiger partial charge in [0.05, 0.1) is 6.10 Å². The highest BCUT2D eigenvalue weighted by Crippen LogP contribution is 2.30. The molecule has 0 aromatic heterocycles. The molecule has 0 spiro atoms. The van der Waals surface area contributed by atoms with Crippen LogP contribution in [0.5, 0.6) is 11.5 Å². The van der Waals surface area contributed by atoms with E-state index in [9.17, 15) is 15.3 Å². The largest absolute Gasteiger partial charge is 0.508 e. The molecule has 0 amide bonds. The molecule has 3 nitrogen and oxygen atoms in total. The third-order valence-electron chi connectivity index (χ3n) is 3.36. The highest BCUT2D eigenvalue weighted by Gasteiger charge is 2.15. The first-order valence-electron chi connectivity index (χ1n) is 6.48. The molecule has 0 saturated heterocycles. The van der Waals surface area contributed by atoms with Crippen LogP contribution in [0.2, 0.25) is 0 Å². The van der Waals surface area contributed by atoms with E-state index in [-0.39, 0.29) is 17.4 Å². The number of allylic oxidation sites excluding steroid dienone is 1. The smallest absolute Gasteiger partial charge is 0.115 e. The average molecular weight is 270 g/mol. The minimum absolute atomic E-state index is 0.000553. The molecule has 0 fully saturated rings. The summed E-state index contributed by atoms with van der Waals surface area (Å²) in [6, 6.07) is 13.4. The minimum atomic E-state index is -0.632. The predicted octanol–water partition coefficient (Wildman–Crippen LogP) is 3.49. The van der Waals surface area contributed by atoms with Crippen molar-refractivity contribution in [1.82, 2.24) is 0 Å². The minimum Gasteiger partial charge on any atom is -0.508 e. The normalized spacial score (nSPS) is 13.7. The Morgan fingerprint density at radius 1 is 0.850 bits per heavy atom. The predicted molar refractivity (Wildman–Crippen MR) is 78.7 cm³/mol. The van der Waals surface area contributed by atoms with E-state index in [0.29, 0.717) is 6.42 Å². The Bertz CT molecular complexity index is 558. The second-order valence-electron chi connectivity index (χ2n) is 4.78. The zero-order valence-corrected chi connectivity index (χ0v) is 11.1. The van der Waals surface area contributed by atoms with Crippen LogP contribution in [-0.2, 0) is 0 Å². The Balaban J connectivity index is 2.11. The van der Waals surface area contributed by atoms with Gasteiger partial charge in [0.15, 0.2) is 0 Å². The van der Waals surface area contributed by atoms with E-state index < -0.39 is 6.10 Å². The molecule has 2 aromatic carbocycles. The number of phenolic OH excluding ortho intramolecular Hbond substituents is 2. The first-order chi connectivity index (χ1) is 9.60. The van der Waals surface area contributed by atoms with E-state index >= 15 is 0 Å². The van der Waals surface area contributed by atoms with Gasteiger partial charge in [-0.2, -0.15) is 0 Å². The van der Waals surface area contributed by atoms with Crippen LogP contribution in [0, 0.1) is 0 Å². The average Bonchev–Trinajstić information content (AvgIpc) is 2.46. The number of hydrogen-bond acceptors (Lipinski definition) is 3. The second-order valence-corrected chi connectivity index (χ2v) is 4.78. The topological polar surface area (TPSA) is 60.7 Å². The summed E-state index contributed by atoms with van der Waals surface area (Å²) in [4.78, 5) is 0. The zero-order chi connectivity index (χ0) is 14.5. The summed E-state index contributed by atoms with van der Waals surface area (Å²) in [7, 11) is 0. The maximum absolute atomic E-state index is 10.3. The summed E-state index contributed by atoms with van der Waals surface area (Å²) in [6.07, 6.45) is 1.65. The summed E-state index contributed by atoms with van der Waals surface area (Å²) < 4.78 is 0. The number of phenols is 2. The molecule has 2 atom stereocenters. The number of benzene rings is 2. The first-order valence-corrected chi connectivity index (χ1v) is 6.48. The van der Waals surface area contributed by atoms with Crippen molar-refractivity contribution in [3.8, 4) is 11.5 Å². The van der Waals surface area contributed by atoms with E-state index in [0.717, 1.165) is 11.1 Å². The van der Waals surface area contributed by atoms with Gasteiger partial charge in [0, 0.05) is 5.92 Å². The third kappa shape index (κ3) is 3.39. The SMILES string of the molecule is C=CC(CC(O)c1ccc(O)cc1)c1ccc(O)cc1. The van der Waals surface area contributed by atoms with Gasteiger partial charge in [-0.15, -0.1) is 6.58 Å². The van der Waals surface area contributed by atoms with Crippen molar-refractivity contribution >= 4 is 0 Å². The van der Waals surface area contributed by atoms with Crippen LogP contribution in [0.4, 0.5) is 0 Å². The van der Waals surface area contributed by atoms with Crippen molar-refractivity contribution in [3.05, 3.63) is 72.3 Å². The number of rotatable bonds is 5. The van der Waals surface area contributed by atoms with Crippen LogP contribution in [0.1, 0.15) is 29.6 Å². The van der Waals surface area contributed by atoms with Crippen LogP contribution >= 0.6 is 0 Å². The van der Waals surface area contributed by atoms with Crippen molar-refractivity contribution < 1.29 is 15.3 Å². The second kappa shape index (κ2) is 6.26. The molecular weight excluding hydrogens is 252 g/mol. The maximum atomic E-state index is 10.3. The first kappa shape index (κ1) is 14.2. The molecule has 0 saturated carbocycles. The van der Waals surface area contributed by atoms with Gasteiger partial charge >= 0.3 is 0 Å². The zero-order valence-electron chi connectivity index (χ0n) is 11.1. The lowest BCUT2D eigenvalue weighted by atomic mass is 9.91. The van der Waals surface area contributed by atoms with E-state index in [4.69, 9.17) is 0 Å². The Labute approximate surface area is 118 Å². The van der Waals surface area contributed by atoms with Gasteiger partial charge in [-0.05, 0) is 41.8 Å². The van der Waals surface area contributed by atoms with Gasteiger partial charge in [-0.25, -0.2) is 0 Å². The van der Waals surface area contributed by atoms with E-state index in [1.165, 1.54) is 0 Å². The molecule has 3 heteroatoms.